The third-order valence-corrected chi connectivity index (χ3v) is 11.9. The number of carbonyl (C=O) groups excluding carboxylic acids is 3. The molecule has 2 aliphatic rings. The van der Waals surface area contributed by atoms with E-state index in [9.17, 15) is 14.4 Å². The van der Waals surface area contributed by atoms with E-state index >= 15 is 0 Å². The van der Waals surface area contributed by atoms with Crippen LogP contribution in [0.5, 0.6) is 0 Å². The van der Waals surface area contributed by atoms with Gasteiger partial charge in [-0.05, 0) is 64.1 Å². The summed E-state index contributed by atoms with van der Waals surface area (Å²) >= 11 is 0. The molecule has 0 aromatic carbocycles. The lowest BCUT2D eigenvalue weighted by Gasteiger charge is -2.38. The van der Waals surface area contributed by atoms with Gasteiger partial charge in [0.15, 0.2) is 8.32 Å². The molecule has 2 N–H and O–H groups in total. The van der Waals surface area contributed by atoms with Gasteiger partial charge in [-0.25, -0.2) is 9.59 Å². The zero-order valence-electron chi connectivity index (χ0n) is 23.2. The summed E-state index contributed by atoms with van der Waals surface area (Å²) < 4.78 is 17.8. The predicted molar refractivity (Wildman–Crippen MR) is 137 cm³/mol. The summed E-state index contributed by atoms with van der Waals surface area (Å²) in [5, 5.41) is 0.0372. The molecule has 4 atom stereocenters. The molecule has 0 saturated carbocycles. The molecule has 0 bridgehead atoms. The van der Waals surface area contributed by atoms with E-state index in [1.54, 1.807) is 25.7 Å². The Morgan fingerprint density at radius 2 is 1.60 bits per heavy atom. The van der Waals surface area contributed by atoms with Gasteiger partial charge >= 0.3 is 12.2 Å². The normalized spacial score (nSPS) is 25.6. The van der Waals surface area contributed by atoms with Gasteiger partial charge < -0.3 is 24.5 Å². The second-order valence-corrected chi connectivity index (χ2v) is 17.2. The van der Waals surface area contributed by atoms with Gasteiger partial charge in [-0.15, -0.1) is 0 Å². The standard InChI is InChI=1S/C25H47N3O6Si/c1-10-11-12-32-22(30)28-16-18(34-35(8,9)25(5,6)7)14-19(28)17-13-20(21(26)29)27(15-17)23(31)33-24(2,3)4/h17-20H,10-16H2,1-9H3,(H2,26,29). The summed E-state index contributed by atoms with van der Waals surface area (Å²) in [4.78, 5) is 41.3. The number of amides is 3. The Morgan fingerprint density at radius 1 is 0.971 bits per heavy atom. The Bertz CT molecular complexity index is 776. The predicted octanol–water partition coefficient (Wildman–Crippen LogP) is 4.50. The summed E-state index contributed by atoms with van der Waals surface area (Å²) in [7, 11) is -2.06. The van der Waals surface area contributed by atoms with Crippen molar-refractivity contribution in [2.24, 2.45) is 11.7 Å². The van der Waals surface area contributed by atoms with E-state index in [1.165, 1.54) is 4.90 Å². The molecule has 0 spiro atoms. The van der Waals surface area contributed by atoms with Crippen molar-refractivity contribution in [1.29, 1.82) is 0 Å². The van der Waals surface area contributed by atoms with Crippen molar-refractivity contribution >= 4 is 26.4 Å². The first kappa shape index (κ1) is 29.4. The maximum absolute atomic E-state index is 13.1. The lowest BCUT2D eigenvalue weighted by molar-refractivity contribution is -0.122. The smallest absolute Gasteiger partial charge is 0.410 e. The van der Waals surface area contributed by atoms with E-state index in [2.05, 4.69) is 33.9 Å². The van der Waals surface area contributed by atoms with Crippen molar-refractivity contribution in [3.05, 3.63) is 0 Å². The highest BCUT2D eigenvalue weighted by Crippen LogP contribution is 2.41. The molecule has 2 saturated heterocycles. The number of hydrogen-bond donors (Lipinski definition) is 1. The summed E-state index contributed by atoms with van der Waals surface area (Å²) in [5.41, 5.74) is 4.98. The molecular formula is C25H47N3O6Si. The second kappa shape index (κ2) is 11.1. The molecule has 2 rings (SSSR count). The first-order chi connectivity index (χ1) is 16.0. The van der Waals surface area contributed by atoms with Crippen LogP contribution in [0.25, 0.3) is 0 Å². The Labute approximate surface area is 212 Å². The number of ether oxygens (including phenoxy) is 2. The number of nitrogens with zero attached hydrogens (tertiary/aromatic N) is 2. The Kier molecular flexibility index (Phi) is 9.30. The van der Waals surface area contributed by atoms with Crippen LogP contribution in [0.3, 0.4) is 0 Å². The summed E-state index contributed by atoms with van der Waals surface area (Å²) in [6, 6.07) is -0.985. The average Bonchev–Trinajstić information content (AvgIpc) is 3.30. The third-order valence-electron chi connectivity index (χ3n) is 7.36. The van der Waals surface area contributed by atoms with Crippen LogP contribution in [0.15, 0.2) is 0 Å². The monoisotopic (exact) mass is 513 g/mol. The van der Waals surface area contributed by atoms with Crippen LogP contribution < -0.4 is 5.73 Å². The summed E-state index contributed by atoms with van der Waals surface area (Å²) in [6.45, 7) is 19.5. The van der Waals surface area contributed by atoms with Crippen LogP contribution in [0.1, 0.15) is 74.1 Å². The highest BCUT2D eigenvalue weighted by atomic mass is 28.4. The van der Waals surface area contributed by atoms with Crippen LogP contribution in [-0.4, -0.2) is 79.7 Å². The number of unbranched alkanes of at least 4 members (excludes halogenated alkanes) is 1. The van der Waals surface area contributed by atoms with Crippen molar-refractivity contribution in [1.82, 2.24) is 9.80 Å². The molecule has 0 radical (unpaired) electrons. The maximum atomic E-state index is 13.1. The van der Waals surface area contributed by atoms with Gasteiger partial charge in [0.2, 0.25) is 5.91 Å². The lowest BCUT2D eigenvalue weighted by Crippen LogP contribution is -2.46. The fourth-order valence-electron chi connectivity index (χ4n) is 4.49. The first-order valence-electron chi connectivity index (χ1n) is 12.9. The zero-order valence-corrected chi connectivity index (χ0v) is 24.2. The largest absolute Gasteiger partial charge is 0.449 e. The van der Waals surface area contributed by atoms with Crippen LogP contribution in [-0.2, 0) is 18.7 Å². The number of carbonyl (C=O) groups is 3. The molecule has 35 heavy (non-hydrogen) atoms. The first-order valence-corrected chi connectivity index (χ1v) is 15.8. The molecule has 0 aliphatic carbocycles. The van der Waals surface area contributed by atoms with Crippen molar-refractivity contribution < 1.29 is 28.3 Å². The lowest BCUT2D eigenvalue weighted by atomic mass is 9.94. The van der Waals surface area contributed by atoms with E-state index in [1.807, 2.05) is 6.92 Å². The van der Waals surface area contributed by atoms with Gasteiger partial charge in [0.25, 0.3) is 0 Å². The molecular weight excluding hydrogens is 466 g/mol. The van der Waals surface area contributed by atoms with Gasteiger partial charge in [-0.3, -0.25) is 9.69 Å². The Morgan fingerprint density at radius 3 is 2.11 bits per heavy atom. The minimum absolute atomic E-state index is 0.0372. The van der Waals surface area contributed by atoms with Crippen LogP contribution in [0.2, 0.25) is 18.1 Å². The van der Waals surface area contributed by atoms with Gasteiger partial charge in [-0.1, -0.05) is 34.1 Å². The molecule has 9 nitrogen and oxygen atoms in total. The van der Waals surface area contributed by atoms with Crippen LogP contribution in [0, 0.1) is 5.92 Å². The summed E-state index contributed by atoms with van der Waals surface area (Å²) in [5.74, 6) is -0.700. The number of rotatable bonds is 7. The molecule has 0 aromatic heterocycles. The van der Waals surface area contributed by atoms with Crippen LogP contribution >= 0.6 is 0 Å². The molecule has 4 unspecified atom stereocenters. The fourth-order valence-corrected chi connectivity index (χ4v) is 5.85. The number of likely N-dealkylation sites (tertiary alicyclic amines) is 2. The van der Waals surface area contributed by atoms with Crippen molar-refractivity contribution in [3.63, 3.8) is 0 Å². The topological polar surface area (TPSA) is 111 Å². The van der Waals surface area contributed by atoms with E-state index in [-0.39, 0.29) is 29.2 Å². The van der Waals surface area contributed by atoms with Crippen molar-refractivity contribution in [2.45, 2.75) is 116 Å². The number of nitrogens with two attached hydrogens (primary N) is 1. The fraction of sp³-hybridized carbons (Fsp3) is 0.880. The molecule has 2 heterocycles. The van der Waals surface area contributed by atoms with E-state index in [0.29, 0.717) is 32.5 Å². The molecule has 3 amide bonds. The van der Waals surface area contributed by atoms with Crippen LogP contribution in [0.4, 0.5) is 9.59 Å². The molecule has 0 aromatic rings. The summed E-state index contributed by atoms with van der Waals surface area (Å²) in [6.07, 6.45) is 1.69. The Hall–Kier alpha value is -1.81. The maximum Gasteiger partial charge on any atom is 0.410 e. The third kappa shape index (κ3) is 7.58. The van der Waals surface area contributed by atoms with Gasteiger partial charge in [0, 0.05) is 19.1 Å². The SMILES string of the molecule is CCCCOC(=O)N1CC(O[Si](C)(C)C(C)(C)C)CC1C1CC(C(N)=O)N(C(=O)OC(C)(C)C)C1. The quantitative estimate of drug-likeness (QED) is 0.396. The highest BCUT2D eigenvalue weighted by Gasteiger charge is 2.50. The van der Waals surface area contributed by atoms with Crippen molar-refractivity contribution in [2.75, 3.05) is 19.7 Å². The van der Waals surface area contributed by atoms with Crippen molar-refractivity contribution in [3.8, 4) is 0 Å². The second-order valence-electron chi connectivity index (χ2n) is 12.5. The number of primary amides is 1. The van der Waals surface area contributed by atoms with E-state index in [4.69, 9.17) is 19.6 Å². The van der Waals surface area contributed by atoms with E-state index in [0.717, 1.165) is 12.8 Å². The minimum atomic E-state index is -2.06. The molecule has 202 valence electrons. The minimum Gasteiger partial charge on any atom is -0.449 e. The Balaban J connectivity index is 2.26. The number of hydrogen-bond acceptors (Lipinski definition) is 6. The molecule has 2 aliphatic heterocycles. The van der Waals surface area contributed by atoms with Gasteiger partial charge in [0.1, 0.15) is 11.6 Å². The van der Waals surface area contributed by atoms with Gasteiger partial charge in [0.05, 0.1) is 12.7 Å². The van der Waals surface area contributed by atoms with E-state index < -0.39 is 32.0 Å². The highest BCUT2D eigenvalue weighted by molar-refractivity contribution is 6.74. The molecule has 2 fully saturated rings. The average molecular weight is 514 g/mol. The van der Waals surface area contributed by atoms with Gasteiger partial charge in [-0.2, -0.15) is 0 Å². The molecule has 10 heteroatoms. The zero-order chi connectivity index (χ0) is 26.8.